The highest BCUT2D eigenvalue weighted by atomic mass is 16.2. The summed E-state index contributed by atoms with van der Waals surface area (Å²) < 4.78 is 0. The molecule has 1 aromatic heterocycles. The second-order valence-electron chi connectivity index (χ2n) is 7.41. The summed E-state index contributed by atoms with van der Waals surface area (Å²) in [6.07, 6.45) is 3.66. The topological polar surface area (TPSA) is 105 Å². The Morgan fingerprint density at radius 3 is 2.57 bits per heavy atom. The Bertz CT molecular complexity index is 891. The highest BCUT2D eigenvalue weighted by Crippen LogP contribution is 2.38. The van der Waals surface area contributed by atoms with E-state index in [0.717, 1.165) is 12.0 Å². The molecule has 28 heavy (non-hydrogen) atoms. The van der Waals surface area contributed by atoms with E-state index in [1.54, 1.807) is 4.90 Å². The Morgan fingerprint density at radius 1 is 1.18 bits per heavy atom. The number of anilines is 1. The molecular formula is C21H26N4O3. The zero-order valence-corrected chi connectivity index (χ0v) is 16.0. The molecule has 1 fully saturated rings. The lowest BCUT2D eigenvalue weighted by molar-refractivity contribution is -0.147. The molecule has 0 unspecified atom stereocenters. The first kappa shape index (κ1) is 19.5. The molecule has 2 aromatic rings. The molecule has 1 aliphatic rings. The number of carbonyl (C=O) groups excluding carboxylic acids is 3. The summed E-state index contributed by atoms with van der Waals surface area (Å²) in [6, 6.07) is 11.0. The van der Waals surface area contributed by atoms with Crippen LogP contribution >= 0.6 is 0 Å². The number of hydrogen-bond donors (Lipinski definition) is 2. The molecule has 3 atom stereocenters. The molecule has 148 valence electrons. The number of amides is 3. The molecule has 0 saturated carbocycles. The van der Waals surface area contributed by atoms with Crippen LogP contribution in [0.1, 0.15) is 43.7 Å². The SMILES string of the molecule is C[C@@H]1C[C@@H](C)[C@@H](c2ccccc2)N(C(=O)C(=O)Nc2cncc(C(N)=O)c2)C1.[HH]. The zero-order valence-electron chi connectivity index (χ0n) is 16.0. The van der Waals surface area contributed by atoms with Crippen LogP contribution < -0.4 is 11.1 Å². The van der Waals surface area contributed by atoms with Gasteiger partial charge >= 0.3 is 11.8 Å². The lowest BCUT2D eigenvalue weighted by atomic mass is 9.81. The third kappa shape index (κ3) is 4.19. The van der Waals surface area contributed by atoms with Gasteiger partial charge < -0.3 is 16.0 Å². The molecule has 0 radical (unpaired) electrons. The van der Waals surface area contributed by atoms with Crippen molar-refractivity contribution in [2.24, 2.45) is 17.6 Å². The van der Waals surface area contributed by atoms with Crippen LogP contribution in [-0.2, 0) is 9.59 Å². The van der Waals surface area contributed by atoms with E-state index in [2.05, 4.69) is 24.1 Å². The van der Waals surface area contributed by atoms with Gasteiger partial charge in [-0.05, 0) is 29.9 Å². The van der Waals surface area contributed by atoms with Crippen LogP contribution in [0, 0.1) is 11.8 Å². The first-order valence-electron chi connectivity index (χ1n) is 9.28. The summed E-state index contributed by atoms with van der Waals surface area (Å²) in [5.74, 6) is -1.49. The van der Waals surface area contributed by atoms with E-state index in [1.807, 2.05) is 30.3 Å². The van der Waals surface area contributed by atoms with Gasteiger partial charge in [-0.2, -0.15) is 0 Å². The third-order valence-electron chi connectivity index (χ3n) is 5.03. The minimum Gasteiger partial charge on any atom is -0.366 e. The van der Waals surface area contributed by atoms with E-state index in [9.17, 15) is 14.4 Å². The second-order valence-corrected chi connectivity index (χ2v) is 7.41. The summed E-state index contributed by atoms with van der Waals surface area (Å²) >= 11 is 0. The van der Waals surface area contributed by atoms with Gasteiger partial charge in [0.1, 0.15) is 0 Å². The summed E-state index contributed by atoms with van der Waals surface area (Å²) in [5.41, 5.74) is 6.66. The van der Waals surface area contributed by atoms with Crippen molar-refractivity contribution < 1.29 is 15.8 Å². The molecule has 0 aliphatic carbocycles. The first-order valence-corrected chi connectivity index (χ1v) is 9.28. The van der Waals surface area contributed by atoms with Crippen molar-refractivity contribution in [2.45, 2.75) is 26.3 Å². The number of piperidine rings is 1. The normalized spacial score (nSPS) is 21.8. The van der Waals surface area contributed by atoms with Crippen LogP contribution in [0.5, 0.6) is 0 Å². The summed E-state index contributed by atoms with van der Waals surface area (Å²) in [5, 5.41) is 2.54. The van der Waals surface area contributed by atoms with Crippen LogP contribution in [0.15, 0.2) is 48.8 Å². The van der Waals surface area contributed by atoms with E-state index in [-0.39, 0.29) is 24.6 Å². The minimum absolute atomic E-state index is 0. The van der Waals surface area contributed by atoms with Crippen LogP contribution in [0.4, 0.5) is 5.69 Å². The van der Waals surface area contributed by atoms with Gasteiger partial charge in [0.05, 0.1) is 23.5 Å². The number of rotatable bonds is 3. The summed E-state index contributed by atoms with van der Waals surface area (Å²) in [6.45, 7) is 4.69. The second kappa shape index (κ2) is 8.21. The van der Waals surface area contributed by atoms with E-state index in [1.165, 1.54) is 18.5 Å². The highest BCUT2D eigenvalue weighted by Gasteiger charge is 2.38. The number of primary amides is 1. The molecule has 3 rings (SSSR count). The maximum absolute atomic E-state index is 13.0. The number of nitrogens with one attached hydrogen (secondary N) is 1. The number of likely N-dealkylation sites (tertiary alicyclic amines) is 1. The van der Waals surface area contributed by atoms with Gasteiger partial charge in [-0.1, -0.05) is 44.2 Å². The largest absolute Gasteiger partial charge is 0.366 e. The van der Waals surface area contributed by atoms with Gasteiger partial charge in [0.25, 0.3) is 0 Å². The number of hydrogen-bond acceptors (Lipinski definition) is 4. The Balaban J connectivity index is 0.00000300. The molecule has 1 aromatic carbocycles. The molecule has 0 spiro atoms. The average Bonchev–Trinajstić information content (AvgIpc) is 2.67. The Kier molecular flexibility index (Phi) is 5.73. The molecule has 3 N–H and O–H groups in total. The quantitative estimate of drug-likeness (QED) is 0.796. The van der Waals surface area contributed by atoms with E-state index >= 15 is 0 Å². The van der Waals surface area contributed by atoms with Crippen molar-refractivity contribution in [1.29, 1.82) is 0 Å². The summed E-state index contributed by atoms with van der Waals surface area (Å²) in [4.78, 5) is 42.4. The summed E-state index contributed by atoms with van der Waals surface area (Å²) in [7, 11) is 0. The molecule has 3 amide bonds. The van der Waals surface area contributed by atoms with Crippen molar-refractivity contribution in [1.82, 2.24) is 9.88 Å². The molecule has 1 saturated heterocycles. The lowest BCUT2D eigenvalue weighted by Gasteiger charge is -2.42. The molecule has 7 heteroatoms. The Hall–Kier alpha value is -3.22. The smallest absolute Gasteiger partial charge is 0.313 e. The average molecular weight is 382 g/mol. The van der Waals surface area contributed by atoms with Gasteiger partial charge in [-0.25, -0.2) is 0 Å². The monoisotopic (exact) mass is 382 g/mol. The molecule has 7 nitrogen and oxygen atoms in total. The van der Waals surface area contributed by atoms with Gasteiger partial charge in [-0.3, -0.25) is 19.4 Å². The number of benzene rings is 1. The van der Waals surface area contributed by atoms with Gasteiger partial charge in [0.2, 0.25) is 5.91 Å². The van der Waals surface area contributed by atoms with Crippen LogP contribution in [0.2, 0.25) is 0 Å². The predicted octanol–water partition coefficient (Wildman–Crippen LogP) is 2.61. The fourth-order valence-electron chi connectivity index (χ4n) is 3.92. The fraction of sp³-hybridized carbons (Fsp3) is 0.333. The van der Waals surface area contributed by atoms with Crippen molar-refractivity contribution in [2.75, 3.05) is 11.9 Å². The third-order valence-corrected chi connectivity index (χ3v) is 5.03. The number of aromatic nitrogens is 1. The van der Waals surface area contributed by atoms with Crippen LogP contribution in [-0.4, -0.2) is 34.2 Å². The van der Waals surface area contributed by atoms with Gasteiger partial charge in [0, 0.05) is 14.2 Å². The lowest BCUT2D eigenvalue weighted by Crippen LogP contribution is -2.49. The van der Waals surface area contributed by atoms with E-state index in [4.69, 9.17) is 5.73 Å². The standard InChI is InChI=1S/C21H24N4O3.H2/c1-13-8-14(2)18(15-6-4-3-5-7-15)25(12-13)21(28)20(27)24-17-9-16(19(22)26)10-23-11-17;/h3-7,9-11,13-14,18H,8,12H2,1-2H3,(H2,22,26)(H,24,27);1H/t13-,14-,18+;/m1./s1. The van der Waals surface area contributed by atoms with Crippen molar-refractivity contribution in [3.8, 4) is 0 Å². The molecule has 1 aliphatic heterocycles. The number of nitrogens with two attached hydrogens (primary N) is 1. The number of pyridine rings is 1. The minimum atomic E-state index is -0.759. The van der Waals surface area contributed by atoms with Crippen LogP contribution in [0.3, 0.4) is 0 Å². The fourth-order valence-corrected chi connectivity index (χ4v) is 3.92. The predicted molar refractivity (Wildman–Crippen MR) is 107 cm³/mol. The number of nitrogens with zero attached hydrogens (tertiary/aromatic N) is 2. The van der Waals surface area contributed by atoms with Crippen molar-refractivity contribution in [3.05, 3.63) is 59.9 Å². The maximum Gasteiger partial charge on any atom is 0.313 e. The highest BCUT2D eigenvalue weighted by molar-refractivity contribution is 6.39. The van der Waals surface area contributed by atoms with Gasteiger partial charge in [0.15, 0.2) is 0 Å². The zero-order chi connectivity index (χ0) is 20.3. The van der Waals surface area contributed by atoms with Crippen molar-refractivity contribution >= 4 is 23.4 Å². The number of carbonyl (C=O) groups is 3. The Labute approximate surface area is 165 Å². The van der Waals surface area contributed by atoms with Gasteiger partial charge in [-0.15, -0.1) is 0 Å². The van der Waals surface area contributed by atoms with Crippen molar-refractivity contribution in [3.63, 3.8) is 0 Å². The maximum atomic E-state index is 13.0. The first-order chi connectivity index (χ1) is 13.4. The van der Waals surface area contributed by atoms with Crippen LogP contribution in [0.25, 0.3) is 0 Å². The molecule has 2 heterocycles. The Morgan fingerprint density at radius 2 is 1.89 bits per heavy atom. The molecular weight excluding hydrogens is 356 g/mol. The molecule has 0 bridgehead atoms. The van der Waals surface area contributed by atoms with E-state index in [0.29, 0.717) is 12.5 Å². The van der Waals surface area contributed by atoms with E-state index < -0.39 is 17.7 Å².